The van der Waals surface area contributed by atoms with Gasteiger partial charge in [0.25, 0.3) is 0 Å². The highest BCUT2D eigenvalue weighted by Crippen LogP contribution is 2.36. The molecule has 2 amide bonds. The average molecular weight is 276 g/mol. The summed E-state index contributed by atoms with van der Waals surface area (Å²) in [6, 6.07) is 0.783. The van der Waals surface area contributed by atoms with Crippen molar-refractivity contribution in [3.05, 3.63) is 12.2 Å². The first-order valence-electron chi connectivity index (χ1n) is 6.59. The van der Waals surface area contributed by atoms with Crippen LogP contribution in [0.15, 0.2) is 12.2 Å². The van der Waals surface area contributed by atoms with Gasteiger partial charge in [0.1, 0.15) is 12.1 Å². The SMILES string of the molecule is C[C@@H](C#N)OC(=O)[C@H](C)N1C(=O)[C@H]2CC=CC[C@H]2C1=O. The number of nitriles is 1. The van der Waals surface area contributed by atoms with Gasteiger partial charge in [-0.2, -0.15) is 5.26 Å². The number of allylic oxidation sites excluding steroid dienone is 2. The zero-order valence-electron chi connectivity index (χ0n) is 11.4. The van der Waals surface area contributed by atoms with E-state index in [-0.39, 0.29) is 23.7 Å². The van der Waals surface area contributed by atoms with Crippen LogP contribution in [0.3, 0.4) is 0 Å². The quantitative estimate of drug-likeness (QED) is 0.432. The lowest BCUT2D eigenvalue weighted by Gasteiger charge is -2.22. The average Bonchev–Trinajstić information content (AvgIpc) is 2.70. The smallest absolute Gasteiger partial charge is 0.330 e. The molecule has 1 saturated heterocycles. The predicted molar refractivity (Wildman–Crippen MR) is 67.8 cm³/mol. The molecule has 1 fully saturated rings. The van der Waals surface area contributed by atoms with Crippen molar-refractivity contribution in [2.45, 2.75) is 38.8 Å². The van der Waals surface area contributed by atoms with E-state index < -0.39 is 18.1 Å². The molecule has 0 N–H and O–H groups in total. The Morgan fingerprint density at radius 3 is 2.25 bits per heavy atom. The minimum absolute atomic E-state index is 0.321. The van der Waals surface area contributed by atoms with Gasteiger partial charge in [-0.25, -0.2) is 4.79 Å². The third-order valence-corrected chi connectivity index (χ3v) is 3.74. The number of imide groups is 1. The van der Waals surface area contributed by atoms with Crippen molar-refractivity contribution in [2.24, 2.45) is 11.8 Å². The number of fused-ring (bicyclic) bond motifs is 1. The van der Waals surface area contributed by atoms with Crippen LogP contribution >= 0.6 is 0 Å². The fourth-order valence-electron chi connectivity index (χ4n) is 2.61. The second-order valence-corrected chi connectivity index (χ2v) is 5.09. The summed E-state index contributed by atoms with van der Waals surface area (Å²) >= 11 is 0. The molecule has 1 heterocycles. The molecule has 0 unspecified atom stereocenters. The van der Waals surface area contributed by atoms with E-state index in [4.69, 9.17) is 10.00 Å². The Bertz CT molecular complexity index is 494. The Kier molecular flexibility index (Phi) is 3.89. The Hall–Kier alpha value is -2.16. The van der Waals surface area contributed by atoms with Gasteiger partial charge in [-0.05, 0) is 26.7 Å². The van der Waals surface area contributed by atoms with E-state index in [1.54, 1.807) is 6.07 Å². The topological polar surface area (TPSA) is 87.5 Å². The molecule has 0 radical (unpaired) electrons. The number of nitrogens with zero attached hydrogens (tertiary/aromatic N) is 2. The maximum atomic E-state index is 12.2. The lowest BCUT2D eigenvalue weighted by molar-refractivity contribution is -0.159. The maximum absolute atomic E-state index is 12.2. The van der Waals surface area contributed by atoms with Crippen molar-refractivity contribution in [3.63, 3.8) is 0 Å². The van der Waals surface area contributed by atoms with Crippen LogP contribution in [0.2, 0.25) is 0 Å². The monoisotopic (exact) mass is 276 g/mol. The summed E-state index contributed by atoms with van der Waals surface area (Å²) in [5.74, 6) is -2.10. The minimum Gasteiger partial charge on any atom is -0.446 e. The molecule has 20 heavy (non-hydrogen) atoms. The molecule has 0 saturated carbocycles. The molecule has 0 aromatic carbocycles. The van der Waals surface area contributed by atoms with Crippen molar-refractivity contribution >= 4 is 17.8 Å². The van der Waals surface area contributed by atoms with Crippen molar-refractivity contribution in [2.75, 3.05) is 0 Å². The highest BCUT2D eigenvalue weighted by Gasteiger charge is 2.50. The number of rotatable bonds is 3. The molecule has 6 nitrogen and oxygen atoms in total. The van der Waals surface area contributed by atoms with Crippen LogP contribution in [0, 0.1) is 23.2 Å². The van der Waals surface area contributed by atoms with Crippen LogP contribution in [0.4, 0.5) is 0 Å². The van der Waals surface area contributed by atoms with Crippen LogP contribution in [0.5, 0.6) is 0 Å². The van der Waals surface area contributed by atoms with E-state index in [0.29, 0.717) is 12.8 Å². The molecule has 1 aliphatic heterocycles. The number of amides is 2. The normalized spacial score (nSPS) is 27.8. The van der Waals surface area contributed by atoms with Crippen LogP contribution in [-0.4, -0.2) is 34.8 Å². The molecule has 0 spiro atoms. The second kappa shape index (κ2) is 5.45. The van der Waals surface area contributed by atoms with Crippen LogP contribution in [-0.2, 0) is 19.1 Å². The van der Waals surface area contributed by atoms with Crippen molar-refractivity contribution in [1.29, 1.82) is 5.26 Å². The van der Waals surface area contributed by atoms with Crippen LogP contribution in [0.25, 0.3) is 0 Å². The van der Waals surface area contributed by atoms with Crippen LogP contribution < -0.4 is 0 Å². The van der Waals surface area contributed by atoms with E-state index in [0.717, 1.165) is 4.90 Å². The minimum atomic E-state index is -0.989. The van der Waals surface area contributed by atoms with Crippen molar-refractivity contribution in [3.8, 4) is 6.07 Å². The van der Waals surface area contributed by atoms with Gasteiger partial charge < -0.3 is 4.74 Å². The van der Waals surface area contributed by atoms with E-state index in [1.165, 1.54) is 13.8 Å². The molecule has 6 heteroatoms. The molecule has 106 valence electrons. The standard InChI is InChI=1S/C14H16N2O4/c1-8(7-15)20-14(19)9(2)16-12(17)10-5-3-4-6-11(10)13(16)18/h3-4,8-11H,5-6H2,1-2H3/t8-,9-,10-,11+/m0/s1. The van der Waals surface area contributed by atoms with Gasteiger partial charge in [0.2, 0.25) is 11.8 Å². The van der Waals surface area contributed by atoms with Crippen molar-refractivity contribution < 1.29 is 19.1 Å². The molecular formula is C14H16N2O4. The molecular weight excluding hydrogens is 260 g/mol. The molecule has 1 aliphatic carbocycles. The fraction of sp³-hybridized carbons (Fsp3) is 0.571. The first kappa shape index (κ1) is 14.3. The molecule has 4 atom stereocenters. The van der Waals surface area contributed by atoms with E-state index in [9.17, 15) is 14.4 Å². The second-order valence-electron chi connectivity index (χ2n) is 5.09. The number of hydrogen-bond acceptors (Lipinski definition) is 5. The van der Waals surface area contributed by atoms with Crippen molar-refractivity contribution in [1.82, 2.24) is 4.90 Å². The van der Waals surface area contributed by atoms with Gasteiger partial charge in [0.05, 0.1) is 11.8 Å². The Morgan fingerprint density at radius 2 is 1.80 bits per heavy atom. The number of esters is 1. The van der Waals surface area contributed by atoms with Gasteiger partial charge in [-0.1, -0.05) is 12.2 Å². The first-order valence-corrected chi connectivity index (χ1v) is 6.59. The highest BCUT2D eigenvalue weighted by molar-refractivity contribution is 6.08. The summed E-state index contributed by atoms with van der Waals surface area (Å²) < 4.78 is 4.86. The van der Waals surface area contributed by atoms with E-state index in [2.05, 4.69) is 0 Å². The lowest BCUT2D eigenvalue weighted by Crippen LogP contribution is -2.45. The van der Waals surface area contributed by atoms with Gasteiger partial charge >= 0.3 is 5.97 Å². The summed E-state index contributed by atoms with van der Waals surface area (Å²) in [6.45, 7) is 2.88. The predicted octanol–water partition coefficient (Wildman–Crippen LogP) is 0.781. The lowest BCUT2D eigenvalue weighted by atomic mass is 9.85. The molecule has 2 aliphatic rings. The third-order valence-electron chi connectivity index (χ3n) is 3.74. The summed E-state index contributed by atoms with van der Waals surface area (Å²) in [5, 5.41) is 8.62. The Morgan fingerprint density at radius 1 is 1.30 bits per heavy atom. The molecule has 0 aromatic rings. The number of carbonyl (C=O) groups excluding carboxylic acids is 3. The van der Waals surface area contributed by atoms with E-state index >= 15 is 0 Å². The fourth-order valence-corrected chi connectivity index (χ4v) is 2.61. The maximum Gasteiger partial charge on any atom is 0.330 e. The molecule has 0 aromatic heterocycles. The summed E-state index contributed by atoms with van der Waals surface area (Å²) in [5.41, 5.74) is 0. The summed E-state index contributed by atoms with van der Waals surface area (Å²) in [6.07, 6.45) is 3.93. The van der Waals surface area contributed by atoms with Gasteiger partial charge in [-0.15, -0.1) is 0 Å². The molecule has 0 bridgehead atoms. The zero-order valence-corrected chi connectivity index (χ0v) is 11.4. The Labute approximate surface area is 117 Å². The Balaban J connectivity index is 2.13. The zero-order chi connectivity index (χ0) is 14.9. The third kappa shape index (κ3) is 2.31. The number of carbonyl (C=O) groups is 3. The van der Waals surface area contributed by atoms with E-state index in [1.807, 2.05) is 12.2 Å². The first-order chi connectivity index (χ1) is 9.47. The van der Waals surface area contributed by atoms with Crippen LogP contribution in [0.1, 0.15) is 26.7 Å². The largest absolute Gasteiger partial charge is 0.446 e. The number of ether oxygens (including phenoxy) is 1. The number of likely N-dealkylation sites (tertiary alicyclic amines) is 1. The summed E-state index contributed by atoms with van der Waals surface area (Å²) in [7, 11) is 0. The summed E-state index contributed by atoms with van der Waals surface area (Å²) in [4.78, 5) is 37.4. The molecule has 2 rings (SSSR count). The highest BCUT2D eigenvalue weighted by atomic mass is 16.5. The van der Waals surface area contributed by atoms with Gasteiger partial charge in [-0.3, -0.25) is 14.5 Å². The van der Waals surface area contributed by atoms with Gasteiger partial charge in [0.15, 0.2) is 6.10 Å². The van der Waals surface area contributed by atoms with Gasteiger partial charge in [0, 0.05) is 0 Å². The number of hydrogen-bond donors (Lipinski definition) is 0.